The zero-order chi connectivity index (χ0) is 43.6. The fourth-order valence-corrected chi connectivity index (χ4v) is 10.8. The van der Waals surface area contributed by atoms with Crippen molar-refractivity contribution in [2.75, 3.05) is 0 Å². The standard InChI is InChI=1S/C66H42/c1-5-19-46(20-6-1)57-41-59-60(42-58(57)47-21-7-2-8-22-47)65-64(53-37-34-44-32-35-51(39-54(44)40-53)56-31-17-29-45-23-15-16-30-55(45)56)62(48-24-9-3-10-25-48)63(49-26-11-4-12-27-49)66(65)61(59)52-36-33-43-18-13-14-28-50(43)38-52/h1-42H. The lowest BCUT2D eigenvalue weighted by Gasteiger charge is -2.19. The molecule has 13 rings (SSSR count). The minimum absolute atomic E-state index is 1.20. The van der Waals surface area contributed by atoms with Crippen LogP contribution in [0.25, 0.3) is 93.6 Å². The quantitative estimate of drug-likeness (QED) is 0.150. The molecule has 11 aromatic carbocycles. The van der Waals surface area contributed by atoms with Crippen molar-refractivity contribution in [3.8, 4) is 33.4 Å². The first-order chi connectivity index (χ1) is 32.7. The third-order valence-corrected chi connectivity index (χ3v) is 13.8. The van der Waals surface area contributed by atoms with Crippen molar-refractivity contribution in [3.05, 3.63) is 294 Å². The fourth-order valence-electron chi connectivity index (χ4n) is 10.8. The molecule has 2 aliphatic carbocycles. The summed E-state index contributed by atoms with van der Waals surface area (Å²) in [4.78, 5) is 0. The molecule has 306 valence electrons. The summed E-state index contributed by atoms with van der Waals surface area (Å²) in [7, 11) is 0. The molecule has 0 fully saturated rings. The van der Waals surface area contributed by atoms with E-state index in [1.807, 2.05) is 0 Å². The largest absolute Gasteiger partial charge is 0.0622 e. The van der Waals surface area contributed by atoms with E-state index in [0.29, 0.717) is 0 Å². The van der Waals surface area contributed by atoms with E-state index in [0.717, 1.165) is 0 Å². The maximum Gasteiger partial charge on any atom is -0.000137 e. The summed E-state index contributed by atoms with van der Waals surface area (Å²) in [6, 6.07) is 94.3. The van der Waals surface area contributed by atoms with Crippen LogP contribution in [0.3, 0.4) is 0 Å². The molecular formula is C66H42. The molecule has 0 atom stereocenters. The van der Waals surface area contributed by atoms with Gasteiger partial charge in [0.25, 0.3) is 0 Å². The van der Waals surface area contributed by atoms with Crippen molar-refractivity contribution >= 4 is 60.2 Å². The van der Waals surface area contributed by atoms with Gasteiger partial charge in [-0.2, -0.15) is 0 Å². The second kappa shape index (κ2) is 15.6. The van der Waals surface area contributed by atoms with Crippen LogP contribution in [-0.2, 0) is 0 Å². The SMILES string of the molecule is c1ccc(C2=C(c3ccccc3)C(c3ccc4ccc(-c5cccc6ccccc56)cc4c3)=C3C2=C(c2ccc4ccccc4c2)c2cc(-c4ccccc4)c(-c4ccccc4)cc23)cc1. The van der Waals surface area contributed by atoms with Crippen molar-refractivity contribution in [2.24, 2.45) is 0 Å². The van der Waals surface area contributed by atoms with Gasteiger partial charge in [-0.15, -0.1) is 0 Å². The van der Waals surface area contributed by atoms with Crippen molar-refractivity contribution in [3.63, 3.8) is 0 Å². The lowest BCUT2D eigenvalue weighted by molar-refractivity contribution is 1.52. The van der Waals surface area contributed by atoms with E-state index in [4.69, 9.17) is 0 Å². The Labute approximate surface area is 385 Å². The first kappa shape index (κ1) is 37.9. The van der Waals surface area contributed by atoms with Gasteiger partial charge in [0, 0.05) is 0 Å². The third-order valence-electron chi connectivity index (χ3n) is 13.8. The molecule has 0 heteroatoms. The Kier molecular flexibility index (Phi) is 8.96. The summed E-state index contributed by atoms with van der Waals surface area (Å²) in [5.74, 6) is 0. The van der Waals surface area contributed by atoms with Gasteiger partial charge >= 0.3 is 0 Å². The highest BCUT2D eigenvalue weighted by atomic mass is 14.4. The first-order valence-electron chi connectivity index (χ1n) is 22.9. The molecule has 0 saturated heterocycles. The highest BCUT2D eigenvalue weighted by Crippen LogP contribution is 2.62. The van der Waals surface area contributed by atoms with Gasteiger partial charge in [0.15, 0.2) is 0 Å². The van der Waals surface area contributed by atoms with Crippen LogP contribution in [0.2, 0.25) is 0 Å². The first-order valence-corrected chi connectivity index (χ1v) is 22.9. The Morgan fingerprint density at radius 1 is 0.152 bits per heavy atom. The highest BCUT2D eigenvalue weighted by molar-refractivity contribution is 6.39. The van der Waals surface area contributed by atoms with Crippen LogP contribution in [0.1, 0.15) is 33.4 Å². The van der Waals surface area contributed by atoms with Gasteiger partial charge in [-0.05, 0) is 163 Å². The van der Waals surface area contributed by atoms with Crippen LogP contribution < -0.4 is 0 Å². The van der Waals surface area contributed by atoms with E-state index < -0.39 is 0 Å². The van der Waals surface area contributed by atoms with Gasteiger partial charge in [-0.25, -0.2) is 0 Å². The van der Waals surface area contributed by atoms with Crippen molar-refractivity contribution in [1.29, 1.82) is 0 Å². The number of rotatable bonds is 7. The molecule has 0 bridgehead atoms. The number of benzene rings is 11. The highest BCUT2D eigenvalue weighted by Gasteiger charge is 2.41. The third kappa shape index (κ3) is 6.22. The van der Waals surface area contributed by atoms with Gasteiger partial charge in [0.2, 0.25) is 0 Å². The molecule has 0 aromatic heterocycles. The molecule has 0 spiro atoms. The van der Waals surface area contributed by atoms with Crippen LogP contribution in [0.5, 0.6) is 0 Å². The average molecular weight is 835 g/mol. The van der Waals surface area contributed by atoms with Gasteiger partial charge in [-0.1, -0.05) is 224 Å². The lowest BCUT2D eigenvalue weighted by Crippen LogP contribution is -1.97. The molecular weight excluding hydrogens is 793 g/mol. The van der Waals surface area contributed by atoms with Crippen LogP contribution >= 0.6 is 0 Å². The number of hydrogen-bond acceptors (Lipinski definition) is 0. The molecule has 0 nitrogen and oxygen atoms in total. The molecule has 0 N–H and O–H groups in total. The molecule has 0 amide bonds. The normalized spacial score (nSPS) is 13.3. The zero-order valence-corrected chi connectivity index (χ0v) is 36.2. The maximum absolute atomic E-state index is 2.51. The van der Waals surface area contributed by atoms with E-state index >= 15 is 0 Å². The summed E-state index contributed by atoms with van der Waals surface area (Å²) in [6.07, 6.45) is 0. The summed E-state index contributed by atoms with van der Waals surface area (Å²) in [5.41, 5.74) is 22.3. The summed E-state index contributed by atoms with van der Waals surface area (Å²) in [5, 5.41) is 7.42. The minimum atomic E-state index is 1.20. The van der Waals surface area contributed by atoms with Crippen LogP contribution in [0.4, 0.5) is 0 Å². The van der Waals surface area contributed by atoms with E-state index in [1.54, 1.807) is 0 Å². The van der Waals surface area contributed by atoms with Crippen molar-refractivity contribution < 1.29 is 0 Å². The summed E-state index contributed by atoms with van der Waals surface area (Å²) >= 11 is 0. The zero-order valence-electron chi connectivity index (χ0n) is 36.2. The average Bonchev–Trinajstić information content (AvgIpc) is 3.91. The second-order valence-electron chi connectivity index (χ2n) is 17.5. The molecule has 0 heterocycles. The van der Waals surface area contributed by atoms with Gasteiger partial charge < -0.3 is 0 Å². The fraction of sp³-hybridized carbons (Fsp3) is 0. The molecule has 0 saturated carbocycles. The Bertz CT molecular complexity index is 3810. The predicted molar refractivity (Wildman–Crippen MR) is 281 cm³/mol. The number of hydrogen-bond donors (Lipinski definition) is 0. The predicted octanol–water partition coefficient (Wildman–Crippen LogP) is 17.5. The monoisotopic (exact) mass is 834 g/mol. The van der Waals surface area contributed by atoms with E-state index in [1.165, 1.54) is 133 Å². The Morgan fingerprint density at radius 3 is 1.18 bits per heavy atom. The Balaban J connectivity index is 1.17. The summed E-state index contributed by atoms with van der Waals surface area (Å²) in [6.45, 7) is 0. The molecule has 11 aromatic rings. The van der Waals surface area contributed by atoms with Crippen LogP contribution in [0, 0.1) is 0 Å². The lowest BCUT2D eigenvalue weighted by atomic mass is 9.84. The van der Waals surface area contributed by atoms with Gasteiger partial charge in [0.1, 0.15) is 0 Å². The van der Waals surface area contributed by atoms with Crippen LogP contribution in [-0.4, -0.2) is 0 Å². The molecule has 66 heavy (non-hydrogen) atoms. The van der Waals surface area contributed by atoms with Crippen LogP contribution in [0.15, 0.2) is 260 Å². The van der Waals surface area contributed by atoms with E-state index in [2.05, 4.69) is 255 Å². The van der Waals surface area contributed by atoms with Crippen molar-refractivity contribution in [1.82, 2.24) is 0 Å². The maximum atomic E-state index is 2.51. The second-order valence-corrected chi connectivity index (χ2v) is 17.5. The van der Waals surface area contributed by atoms with Gasteiger partial charge in [-0.3, -0.25) is 0 Å². The Morgan fingerprint density at radius 2 is 0.561 bits per heavy atom. The number of allylic oxidation sites excluding steroid dienone is 5. The van der Waals surface area contributed by atoms with Crippen molar-refractivity contribution in [2.45, 2.75) is 0 Å². The molecule has 0 radical (unpaired) electrons. The minimum Gasteiger partial charge on any atom is -0.0622 e. The molecule has 0 aliphatic heterocycles. The van der Waals surface area contributed by atoms with Gasteiger partial charge in [0.05, 0.1) is 0 Å². The smallest absolute Gasteiger partial charge is 0.000137 e. The van der Waals surface area contributed by atoms with E-state index in [-0.39, 0.29) is 0 Å². The topological polar surface area (TPSA) is 0 Å². The van der Waals surface area contributed by atoms with E-state index in [9.17, 15) is 0 Å². The summed E-state index contributed by atoms with van der Waals surface area (Å²) < 4.78 is 0. The number of fused-ring (bicyclic) bond motifs is 6. The molecule has 2 aliphatic rings. The Hall–Kier alpha value is -8.58. The molecule has 0 unspecified atom stereocenters.